The molecule has 1 spiro atoms. The molecule has 0 saturated carbocycles. The number of hydrogen-bond donors (Lipinski definition) is 0. The number of halogens is 2. The Bertz CT molecular complexity index is 1480. The van der Waals surface area contributed by atoms with Crippen molar-refractivity contribution in [1.29, 1.82) is 5.26 Å². The highest BCUT2D eigenvalue weighted by Gasteiger charge is 2.64. The lowest BCUT2D eigenvalue weighted by Gasteiger charge is -2.33. The number of rotatable bonds is 4. The average Bonchev–Trinajstić information content (AvgIpc) is 3.40. The lowest BCUT2D eigenvalue weighted by atomic mass is 9.80. The second kappa shape index (κ2) is 9.93. The molecule has 3 aromatic rings. The molecule has 0 unspecified atom stereocenters. The van der Waals surface area contributed by atoms with Crippen molar-refractivity contribution >= 4 is 52.8 Å². The number of nitrogens with zero attached hydrogens (tertiary/aromatic N) is 5. The predicted octanol–water partition coefficient (Wildman–Crippen LogP) is 4.74. The van der Waals surface area contributed by atoms with E-state index in [4.69, 9.17) is 23.2 Å². The van der Waals surface area contributed by atoms with E-state index in [1.807, 2.05) is 0 Å². The summed E-state index contributed by atoms with van der Waals surface area (Å²) in [5.41, 5.74) is 0.879. The number of carbonyl (C=O) groups excluding carboxylic acids is 3. The van der Waals surface area contributed by atoms with Gasteiger partial charge in [0.25, 0.3) is 5.91 Å². The molecule has 5 rings (SSSR count). The van der Waals surface area contributed by atoms with Gasteiger partial charge < -0.3 is 9.80 Å². The van der Waals surface area contributed by atoms with Gasteiger partial charge in [-0.25, -0.2) is 9.69 Å². The summed E-state index contributed by atoms with van der Waals surface area (Å²) < 4.78 is 0. The number of aromatic nitrogens is 1. The monoisotopic (exact) mass is 545 g/mol. The number of nitriles is 1. The summed E-state index contributed by atoms with van der Waals surface area (Å²) in [5, 5.41) is 9.81. The van der Waals surface area contributed by atoms with Crippen LogP contribution in [-0.2, 0) is 9.59 Å². The zero-order valence-corrected chi connectivity index (χ0v) is 21.7. The van der Waals surface area contributed by atoms with Crippen molar-refractivity contribution in [3.05, 3.63) is 99.8 Å². The van der Waals surface area contributed by atoms with Gasteiger partial charge in [-0.1, -0.05) is 35.3 Å². The summed E-state index contributed by atoms with van der Waals surface area (Å²) in [6.45, 7) is 0.183. The Morgan fingerprint density at radius 2 is 1.74 bits per heavy atom. The van der Waals surface area contributed by atoms with Gasteiger partial charge in [-0.2, -0.15) is 5.26 Å². The minimum atomic E-state index is -1.37. The standard InChI is InChI=1S/C28H21Cl2N5O3/c1-33-27(38)35(23-13-21(29)12-22(30)14-23)26(37)28(33)17-34(25(36)7-4-18-8-10-32-11-9-18)16-24(28)20-5-2-19(15-31)3-6-20/h2-14,24H,16-17H2,1H3/t24-,28+/m0/s1. The van der Waals surface area contributed by atoms with E-state index in [1.165, 1.54) is 29.2 Å². The Kier molecular flexibility index (Phi) is 6.66. The Morgan fingerprint density at radius 1 is 1.08 bits per heavy atom. The highest BCUT2D eigenvalue weighted by Crippen LogP contribution is 2.46. The molecular formula is C28H21Cl2N5O3. The zero-order chi connectivity index (χ0) is 27.0. The lowest BCUT2D eigenvalue weighted by molar-refractivity contribution is -0.127. The molecule has 3 heterocycles. The number of urea groups is 1. The number of benzene rings is 2. The van der Waals surface area contributed by atoms with Gasteiger partial charge in [-0.15, -0.1) is 0 Å². The number of imide groups is 1. The maximum absolute atomic E-state index is 14.2. The fraction of sp³-hybridized carbons (Fsp3) is 0.179. The molecule has 2 fully saturated rings. The second-order valence-electron chi connectivity index (χ2n) is 9.15. The van der Waals surface area contributed by atoms with Crippen molar-refractivity contribution in [2.24, 2.45) is 0 Å². The fourth-order valence-electron chi connectivity index (χ4n) is 5.12. The Hall–Kier alpha value is -4.19. The largest absolute Gasteiger partial charge is 0.336 e. The van der Waals surface area contributed by atoms with Crippen molar-refractivity contribution in [1.82, 2.24) is 14.8 Å². The van der Waals surface area contributed by atoms with Crippen LogP contribution in [0, 0.1) is 11.3 Å². The average molecular weight is 546 g/mol. The van der Waals surface area contributed by atoms with Crippen molar-refractivity contribution in [3.8, 4) is 6.07 Å². The predicted molar refractivity (Wildman–Crippen MR) is 144 cm³/mol. The first kappa shape index (κ1) is 25.5. The maximum atomic E-state index is 14.2. The smallest absolute Gasteiger partial charge is 0.332 e. The second-order valence-corrected chi connectivity index (χ2v) is 10.0. The van der Waals surface area contributed by atoms with E-state index in [-0.39, 0.29) is 34.7 Å². The molecule has 8 nitrogen and oxygen atoms in total. The topological polar surface area (TPSA) is 97.6 Å². The van der Waals surface area contributed by atoms with Gasteiger partial charge in [-0.05, 0) is 59.7 Å². The Balaban J connectivity index is 1.56. The SMILES string of the molecule is CN1C(=O)N(c2cc(Cl)cc(Cl)c2)C(=O)[C@]12CN(C(=O)C=Cc1ccncc1)C[C@H]2c1ccc(C#N)cc1. The third kappa shape index (κ3) is 4.30. The maximum Gasteiger partial charge on any atom is 0.332 e. The van der Waals surface area contributed by atoms with E-state index in [0.717, 1.165) is 16.0 Å². The van der Waals surface area contributed by atoms with Crippen LogP contribution in [0.5, 0.6) is 0 Å². The van der Waals surface area contributed by atoms with Gasteiger partial charge in [0.15, 0.2) is 0 Å². The molecule has 4 amide bonds. The normalized spacial score (nSPS) is 21.1. The van der Waals surface area contributed by atoms with E-state index in [9.17, 15) is 19.6 Å². The van der Waals surface area contributed by atoms with Crippen molar-refractivity contribution in [3.63, 3.8) is 0 Å². The van der Waals surface area contributed by atoms with Gasteiger partial charge in [0.05, 0.1) is 23.9 Å². The van der Waals surface area contributed by atoms with Crippen LogP contribution in [0.25, 0.3) is 6.08 Å². The first-order chi connectivity index (χ1) is 18.2. The molecule has 2 atom stereocenters. The fourth-order valence-corrected chi connectivity index (χ4v) is 5.64. The van der Waals surface area contributed by atoms with Gasteiger partial charge >= 0.3 is 6.03 Å². The van der Waals surface area contributed by atoms with Crippen molar-refractivity contribution < 1.29 is 14.4 Å². The molecule has 0 N–H and O–H groups in total. The number of pyridine rings is 1. The number of amides is 4. The summed E-state index contributed by atoms with van der Waals surface area (Å²) in [6.07, 6.45) is 6.38. The Morgan fingerprint density at radius 3 is 2.37 bits per heavy atom. The van der Waals surface area contributed by atoms with Crippen LogP contribution in [0.3, 0.4) is 0 Å². The molecule has 38 heavy (non-hydrogen) atoms. The molecule has 1 aromatic heterocycles. The number of anilines is 1. The van der Waals surface area contributed by atoms with Gasteiger partial charge in [-0.3, -0.25) is 14.6 Å². The minimum absolute atomic E-state index is 0.0109. The number of likely N-dealkylation sites (tertiary alicyclic amines) is 1. The summed E-state index contributed by atoms with van der Waals surface area (Å²) in [6, 6.07) is 16.4. The highest BCUT2D eigenvalue weighted by molar-refractivity contribution is 6.36. The van der Waals surface area contributed by atoms with Gasteiger partial charge in [0.1, 0.15) is 5.54 Å². The summed E-state index contributed by atoms with van der Waals surface area (Å²) in [5.74, 6) is -1.32. The van der Waals surface area contributed by atoms with E-state index in [2.05, 4.69) is 11.1 Å². The third-order valence-corrected chi connectivity index (χ3v) is 7.48. The van der Waals surface area contributed by atoms with Crippen molar-refractivity contribution in [2.45, 2.75) is 11.5 Å². The number of likely N-dealkylation sites (N-methyl/N-ethyl adjacent to an activating group) is 1. The Labute approximate surface area is 229 Å². The molecule has 2 aromatic carbocycles. The van der Waals surface area contributed by atoms with E-state index in [0.29, 0.717) is 5.56 Å². The van der Waals surface area contributed by atoms with Crippen LogP contribution < -0.4 is 4.90 Å². The minimum Gasteiger partial charge on any atom is -0.336 e. The van der Waals surface area contributed by atoms with Crippen LogP contribution >= 0.6 is 23.2 Å². The van der Waals surface area contributed by atoms with Crippen LogP contribution in [0.1, 0.15) is 22.6 Å². The van der Waals surface area contributed by atoms with Gasteiger partial charge in [0, 0.05) is 48.0 Å². The lowest BCUT2D eigenvalue weighted by Crippen LogP contribution is -2.53. The number of carbonyl (C=O) groups is 3. The molecule has 190 valence electrons. The number of hydrogen-bond acceptors (Lipinski definition) is 5. The molecule has 2 aliphatic rings. The van der Waals surface area contributed by atoms with Crippen LogP contribution in [0.2, 0.25) is 10.0 Å². The molecule has 2 aliphatic heterocycles. The first-order valence-electron chi connectivity index (χ1n) is 11.7. The van der Waals surface area contributed by atoms with Crippen molar-refractivity contribution in [2.75, 3.05) is 25.0 Å². The third-order valence-electron chi connectivity index (χ3n) is 7.05. The zero-order valence-electron chi connectivity index (χ0n) is 20.2. The van der Waals surface area contributed by atoms with Crippen LogP contribution in [0.4, 0.5) is 10.5 Å². The van der Waals surface area contributed by atoms with Crippen LogP contribution in [-0.4, -0.2) is 58.3 Å². The van der Waals surface area contributed by atoms with E-state index in [1.54, 1.807) is 66.8 Å². The summed E-state index contributed by atoms with van der Waals surface area (Å²) in [7, 11) is 1.56. The quantitative estimate of drug-likeness (QED) is 0.348. The van der Waals surface area contributed by atoms with Gasteiger partial charge in [0.2, 0.25) is 5.91 Å². The highest BCUT2D eigenvalue weighted by atomic mass is 35.5. The van der Waals surface area contributed by atoms with E-state index >= 15 is 0 Å². The molecule has 0 radical (unpaired) electrons. The molecule has 10 heteroatoms. The molecule has 0 aliphatic carbocycles. The summed E-state index contributed by atoms with van der Waals surface area (Å²) in [4.78, 5) is 49.0. The summed E-state index contributed by atoms with van der Waals surface area (Å²) >= 11 is 12.4. The van der Waals surface area contributed by atoms with E-state index < -0.39 is 23.4 Å². The van der Waals surface area contributed by atoms with Crippen LogP contribution in [0.15, 0.2) is 73.1 Å². The molecule has 0 bridgehead atoms. The molecule has 2 saturated heterocycles. The first-order valence-corrected chi connectivity index (χ1v) is 12.5. The molecular weight excluding hydrogens is 525 g/mol.